The van der Waals surface area contributed by atoms with Crippen molar-refractivity contribution in [2.75, 3.05) is 0 Å². The van der Waals surface area contributed by atoms with Crippen molar-refractivity contribution in [3.8, 4) is 78.1 Å². The minimum Gasteiger partial charge on any atom is -0.455 e. The van der Waals surface area contributed by atoms with Crippen molar-refractivity contribution in [1.29, 1.82) is 0 Å². The van der Waals surface area contributed by atoms with Gasteiger partial charge in [-0.1, -0.05) is 231 Å². The third-order valence-electron chi connectivity index (χ3n) is 15.4. The van der Waals surface area contributed by atoms with Gasteiger partial charge < -0.3 is 13.6 Å². The summed E-state index contributed by atoms with van der Waals surface area (Å²) < 4.78 is 11.9. The van der Waals surface area contributed by atoms with Crippen LogP contribution in [0.1, 0.15) is 0 Å². The third-order valence-corrected chi connectivity index (χ3v) is 15.4. The molecule has 3 heterocycles. The van der Waals surface area contributed by atoms with Gasteiger partial charge in [-0.25, -0.2) is 0 Å². The van der Waals surface area contributed by atoms with Gasteiger partial charge >= 0.3 is 0 Å². The van der Waals surface area contributed by atoms with Crippen molar-refractivity contribution >= 4 is 65.6 Å². The fraction of sp³-hybridized carbons (Fsp3) is 0. The lowest BCUT2D eigenvalue weighted by molar-refractivity contribution is 0.670. The lowest BCUT2D eigenvalue weighted by Crippen LogP contribution is -2.02. The summed E-state index contributed by atoms with van der Waals surface area (Å²) in [5.74, 6) is 0. The summed E-state index contributed by atoms with van der Waals surface area (Å²) in [6.07, 6.45) is 0. The molecule has 0 N–H and O–H groups in total. The van der Waals surface area contributed by atoms with Crippen molar-refractivity contribution < 1.29 is 4.42 Å². The molecule has 3 nitrogen and oxygen atoms in total. The van der Waals surface area contributed by atoms with E-state index in [2.05, 4.69) is 288 Å². The van der Waals surface area contributed by atoms with Gasteiger partial charge in [-0.2, -0.15) is 0 Å². The van der Waals surface area contributed by atoms with Gasteiger partial charge in [-0.3, -0.25) is 0 Å². The summed E-state index contributed by atoms with van der Waals surface area (Å²) in [4.78, 5) is 0. The monoisotopic (exact) mass is 954 g/mol. The van der Waals surface area contributed by atoms with Gasteiger partial charge in [0.15, 0.2) is 0 Å². The maximum Gasteiger partial charge on any atom is 0.143 e. The quantitative estimate of drug-likeness (QED) is 0.149. The molecule has 0 bridgehead atoms. The van der Waals surface area contributed by atoms with Crippen LogP contribution in [0.5, 0.6) is 0 Å². The standard InChI is InChI=1S/C72H46N2O/c1-4-21-47(22-5-1)52-27-10-12-29-54(52)49-41-43-67-64(45-49)65-46-50(55-30-13-11-28-53(55)48-23-6-2-7-24-48)42-44-68(65)74(67)71-60(35-19-36-61(71)63-38-20-37-62-57-32-15-17-40-69(57)75-72(62)63)59-34-18-33-58-56-31-14-16-39-66(56)73(70(58)59)51-25-8-3-9-26-51/h1-46H. The number of hydrogen-bond acceptors (Lipinski definition) is 1. The first kappa shape index (κ1) is 42.7. The first-order valence-corrected chi connectivity index (χ1v) is 25.7. The Labute approximate surface area is 434 Å². The van der Waals surface area contributed by atoms with Crippen LogP contribution in [0.25, 0.3) is 144 Å². The molecule has 0 aliphatic carbocycles. The molecular formula is C72H46N2O. The summed E-state index contributed by atoms with van der Waals surface area (Å²) in [6.45, 7) is 0. The number of para-hydroxylation sites is 6. The first-order valence-electron chi connectivity index (χ1n) is 25.7. The Hall–Kier alpha value is -9.96. The molecule has 0 spiro atoms. The Balaban J connectivity index is 1.08. The van der Waals surface area contributed by atoms with Crippen LogP contribution in [0.4, 0.5) is 0 Å². The third kappa shape index (κ3) is 6.83. The summed E-state index contributed by atoms with van der Waals surface area (Å²) in [5.41, 5.74) is 22.3. The lowest BCUT2D eigenvalue weighted by Gasteiger charge is -2.21. The Bertz CT molecular complexity index is 4550. The van der Waals surface area contributed by atoms with E-state index in [4.69, 9.17) is 4.42 Å². The van der Waals surface area contributed by atoms with Crippen LogP contribution in [0.15, 0.2) is 283 Å². The van der Waals surface area contributed by atoms with Gasteiger partial charge in [-0.05, 0) is 93.0 Å². The molecule has 0 fully saturated rings. The summed E-state index contributed by atoms with van der Waals surface area (Å²) >= 11 is 0. The van der Waals surface area contributed by atoms with Gasteiger partial charge in [0, 0.05) is 60.3 Å². The molecule has 15 aromatic rings. The first-order chi connectivity index (χ1) is 37.2. The largest absolute Gasteiger partial charge is 0.455 e. The van der Waals surface area contributed by atoms with Crippen LogP contribution in [0, 0.1) is 0 Å². The van der Waals surface area contributed by atoms with Crippen molar-refractivity contribution in [3.63, 3.8) is 0 Å². The lowest BCUT2D eigenvalue weighted by atomic mass is 9.92. The highest BCUT2D eigenvalue weighted by Crippen LogP contribution is 2.48. The van der Waals surface area contributed by atoms with E-state index in [1.807, 2.05) is 0 Å². The van der Waals surface area contributed by atoms with E-state index < -0.39 is 0 Å². The van der Waals surface area contributed by atoms with E-state index in [-0.39, 0.29) is 0 Å². The van der Waals surface area contributed by atoms with Gasteiger partial charge in [-0.15, -0.1) is 0 Å². The SMILES string of the molecule is c1ccc(-c2ccccc2-c2ccc3c(c2)c2cc(-c4ccccc4-c4ccccc4)ccc2n3-c2c(-c3cccc4c3oc3ccccc34)cccc2-c2cccc3c4ccccc4n(-c4ccccc4)c23)cc1. The second kappa shape index (κ2) is 17.4. The predicted octanol–water partition coefficient (Wildman–Crippen LogP) is 19.8. The zero-order valence-corrected chi connectivity index (χ0v) is 40.9. The minimum atomic E-state index is 0.870. The number of benzene rings is 12. The van der Waals surface area contributed by atoms with Gasteiger partial charge in [0.1, 0.15) is 11.2 Å². The number of fused-ring (bicyclic) bond motifs is 9. The van der Waals surface area contributed by atoms with Crippen LogP contribution < -0.4 is 0 Å². The van der Waals surface area contributed by atoms with Crippen molar-refractivity contribution in [2.45, 2.75) is 0 Å². The van der Waals surface area contributed by atoms with Crippen LogP contribution in [0.3, 0.4) is 0 Å². The van der Waals surface area contributed by atoms with Crippen LogP contribution >= 0.6 is 0 Å². The average molecular weight is 955 g/mol. The smallest absolute Gasteiger partial charge is 0.143 e. The molecule has 12 aromatic carbocycles. The molecule has 0 radical (unpaired) electrons. The molecule has 0 aliphatic rings. The van der Waals surface area contributed by atoms with Crippen molar-refractivity contribution in [1.82, 2.24) is 9.13 Å². The normalized spacial score (nSPS) is 11.7. The highest BCUT2D eigenvalue weighted by molar-refractivity contribution is 6.18. The summed E-state index contributed by atoms with van der Waals surface area (Å²) in [6, 6.07) is 102. The Morgan fingerprint density at radius 1 is 0.240 bits per heavy atom. The van der Waals surface area contributed by atoms with Crippen molar-refractivity contribution in [3.05, 3.63) is 279 Å². The fourth-order valence-corrected chi connectivity index (χ4v) is 12.1. The zero-order chi connectivity index (χ0) is 49.4. The molecule has 3 heteroatoms. The Morgan fingerprint density at radius 3 is 1.29 bits per heavy atom. The topological polar surface area (TPSA) is 23.0 Å². The van der Waals surface area contributed by atoms with E-state index in [1.165, 1.54) is 60.4 Å². The molecule has 75 heavy (non-hydrogen) atoms. The van der Waals surface area contributed by atoms with Gasteiger partial charge in [0.2, 0.25) is 0 Å². The van der Waals surface area contributed by atoms with E-state index >= 15 is 0 Å². The molecule has 0 saturated heterocycles. The van der Waals surface area contributed by atoms with E-state index in [0.29, 0.717) is 0 Å². The molecule has 350 valence electrons. The van der Waals surface area contributed by atoms with E-state index in [0.717, 1.165) is 83.2 Å². The number of nitrogens with zero attached hydrogens (tertiary/aromatic N) is 2. The molecule has 0 atom stereocenters. The number of aromatic nitrogens is 2. The van der Waals surface area contributed by atoms with Crippen LogP contribution in [-0.2, 0) is 0 Å². The Morgan fingerprint density at radius 2 is 0.667 bits per heavy atom. The molecule has 0 amide bonds. The molecule has 15 rings (SSSR count). The highest BCUT2D eigenvalue weighted by atomic mass is 16.3. The summed E-state index contributed by atoms with van der Waals surface area (Å²) in [7, 11) is 0. The molecule has 0 saturated carbocycles. The molecule has 0 aliphatic heterocycles. The van der Waals surface area contributed by atoms with Gasteiger partial charge in [0.25, 0.3) is 0 Å². The highest BCUT2D eigenvalue weighted by Gasteiger charge is 2.26. The Kier molecular flexibility index (Phi) is 9.89. The maximum atomic E-state index is 6.93. The van der Waals surface area contributed by atoms with E-state index in [9.17, 15) is 0 Å². The number of rotatable bonds is 8. The van der Waals surface area contributed by atoms with Crippen LogP contribution in [0.2, 0.25) is 0 Å². The van der Waals surface area contributed by atoms with Crippen LogP contribution in [-0.4, -0.2) is 9.13 Å². The van der Waals surface area contributed by atoms with Gasteiger partial charge in [0.05, 0.1) is 27.8 Å². The average Bonchev–Trinajstić information content (AvgIpc) is 4.15. The molecule has 0 unspecified atom stereocenters. The van der Waals surface area contributed by atoms with Crippen molar-refractivity contribution in [2.24, 2.45) is 0 Å². The fourth-order valence-electron chi connectivity index (χ4n) is 12.1. The number of hydrogen-bond donors (Lipinski definition) is 0. The predicted molar refractivity (Wildman–Crippen MR) is 315 cm³/mol. The molecular weight excluding hydrogens is 909 g/mol. The molecule has 3 aromatic heterocycles. The summed E-state index contributed by atoms with van der Waals surface area (Å²) in [5, 5.41) is 6.95. The second-order valence-corrected chi connectivity index (χ2v) is 19.5. The number of furan rings is 1. The maximum absolute atomic E-state index is 6.93. The van der Waals surface area contributed by atoms with E-state index in [1.54, 1.807) is 0 Å². The second-order valence-electron chi connectivity index (χ2n) is 19.5. The zero-order valence-electron chi connectivity index (χ0n) is 40.9. The minimum absolute atomic E-state index is 0.870.